The van der Waals surface area contributed by atoms with Crippen molar-refractivity contribution in [3.63, 3.8) is 0 Å². The van der Waals surface area contributed by atoms with Gasteiger partial charge in [0.25, 0.3) is 5.97 Å². The molecule has 1 unspecified atom stereocenters. The number of fused-ring (bicyclic) bond motifs is 6. The molecule has 6 nitrogen and oxygen atoms in total. The maximum absolute atomic E-state index is 13.6. The molecule has 188 valence electrons. The topological polar surface area (TPSA) is 82.1 Å². The lowest BCUT2D eigenvalue weighted by Crippen LogP contribution is -2.72. The van der Waals surface area contributed by atoms with Gasteiger partial charge in [-0.25, -0.2) is 0 Å². The van der Waals surface area contributed by atoms with E-state index in [0.717, 1.165) is 18.4 Å². The Labute approximate surface area is 207 Å². The zero-order valence-corrected chi connectivity index (χ0v) is 21.8. The van der Waals surface area contributed by atoms with Gasteiger partial charge in [-0.2, -0.15) is 0 Å². The van der Waals surface area contributed by atoms with Crippen molar-refractivity contribution in [2.75, 3.05) is 13.2 Å². The first-order valence-corrected chi connectivity index (χ1v) is 13.0. The van der Waals surface area contributed by atoms with Crippen molar-refractivity contribution in [2.24, 2.45) is 34.5 Å². The van der Waals surface area contributed by atoms with Crippen molar-refractivity contribution < 1.29 is 28.9 Å². The van der Waals surface area contributed by atoms with Crippen LogP contribution in [0, 0.1) is 34.5 Å². The third kappa shape index (κ3) is 2.78. The van der Waals surface area contributed by atoms with E-state index in [-0.39, 0.29) is 41.8 Å². The molecule has 0 aromatic carbocycles. The molecular weight excluding hydrogens is 456 g/mol. The number of carbonyl (C=O) groups is 2. The van der Waals surface area contributed by atoms with Crippen molar-refractivity contribution in [2.45, 2.75) is 83.4 Å². The quantitative estimate of drug-likeness (QED) is 0.582. The van der Waals surface area contributed by atoms with Gasteiger partial charge in [-0.1, -0.05) is 39.3 Å². The number of halogens is 1. The third-order valence-electron chi connectivity index (χ3n) is 10.1. The Morgan fingerprint density at radius 2 is 1.88 bits per heavy atom. The molecule has 4 fully saturated rings. The summed E-state index contributed by atoms with van der Waals surface area (Å²) in [5.74, 6) is -1.39. The fraction of sp³-hybridized carbons (Fsp3) is 0.778. The van der Waals surface area contributed by atoms with Gasteiger partial charge in [0, 0.05) is 24.4 Å². The predicted octanol–water partition coefficient (Wildman–Crippen LogP) is 4.18. The molecule has 7 heteroatoms. The monoisotopic (exact) mass is 492 g/mol. The maximum atomic E-state index is 13.6. The predicted molar refractivity (Wildman–Crippen MR) is 127 cm³/mol. The van der Waals surface area contributed by atoms with Gasteiger partial charge in [-0.15, -0.1) is 11.6 Å². The fourth-order valence-corrected chi connectivity index (χ4v) is 9.24. The Kier molecular flexibility index (Phi) is 5.42. The molecule has 10 atom stereocenters. The Balaban J connectivity index is 1.63. The summed E-state index contributed by atoms with van der Waals surface area (Å²) >= 11 is 7.57. The number of Topliss-reactive ketones (excluding diaryl/α,β-unsaturated/α-hetero) is 1. The largest absolute Gasteiger partial charge is 0.391 e. The first-order chi connectivity index (χ1) is 15.8. The standard InChI is InChI=1S/C27H37ClO6/c1-7-32-25(6)33-14-22(31)27(34-25)16(3)11-19-20-10-15(2)18-12-17(29)8-9-23(18,4)26(20,28)21(30)13-24(19,27)5/h8-9,12,15-16,19-21,30H,7,10-11,13-14H2,1-6H3/t15-,16-,19-,20-,21-,23-,24-,25?,26-,27-/m0/s1. The van der Waals surface area contributed by atoms with Crippen LogP contribution in [0.5, 0.6) is 0 Å². The lowest BCUT2D eigenvalue weighted by molar-refractivity contribution is -0.425. The van der Waals surface area contributed by atoms with E-state index < -0.39 is 33.4 Å². The van der Waals surface area contributed by atoms with Gasteiger partial charge in [-0.05, 0) is 62.0 Å². The SMILES string of the molecule is CCOC1(C)OCC(=O)[C@@]2(O1)[C@@H](C)C[C@H]1[C@@H]3C[C@H](C)C4=CC(=O)C=C[C@]4(C)[C@@]3(Cl)[C@@H](O)C[C@@]12C. The fourth-order valence-electron chi connectivity index (χ4n) is 8.75. The molecule has 1 saturated heterocycles. The normalized spacial score (nSPS) is 54.5. The summed E-state index contributed by atoms with van der Waals surface area (Å²) < 4.78 is 18.1. The van der Waals surface area contributed by atoms with E-state index in [1.807, 2.05) is 13.0 Å². The Bertz CT molecular complexity index is 992. The maximum Gasteiger partial charge on any atom is 0.281 e. The minimum atomic E-state index is -1.32. The van der Waals surface area contributed by atoms with E-state index in [4.69, 9.17) is 25.8 Å². The van der Waals surface area contributed by atoms with Crippen LogP contribution in [0.3, 0.4) is 0 Å². The molecule has 4 aliphatic carbocycles. The molecule has 5 aliphatic rings. The van der Waals surface area contributed by atoms with Gasteiger partial charge < -0.3 is 19.3 Å². The van der Waals surface area contributed by atoms with Crippen LogP contribution in [0.1, 0.15) is 60.8 Å². The van der Waals surface area contributed by atoms with E-state index in [2.05, 4.69) is 27.7 Å². The average molecular weight is 493 g/mol. The molecule has 3 saturated carbocycles. The van der Waals surface area contributed by atoms with Gasteiger partial charge >= 0.3 is 0 Å². The number of rotatable bonds is 2. The number of ketones is 2. The highest BCUT2D eigenvalue weighted by Gasteiger charge is 2.77. The van der Waals surface area contributed by atoms with Gasteiger partial charge in [-0.3, -0.25) is 9.59 Å². The molecule has 1 heterocycles. The van der Waals surface area contributed by atoms with Crippen LogP contribution in [-0.2, 0) is 23.8 Å². The highest BCUT2D eigenvalue weighted by molar-refractivity contribution is 6.26. The first kappa shape index (κ1) is 24.6. The second kappa shape index (κ2) is 7.48. The third-order valence-corrected chi connectivity index (χ3v) is 11.1. The van der Waals surface area contributed by atoms with E-state index in [0.29, 0.717) is 13.0 Å². The number of hydrogen-bond acceptors (Lipinski definition) is 6. The second-order valence-electron chi connectivity index (χ2n) is 11.8. The number of aliphatic hydroxyl groups excluding tert-OH is 1. The molecule has 1 aliphatic heterocycles. The number of ether oxygens (including phenoxy) is 3. The molecule has 1 spiro atoms. The number of alkyl halides is 1. The van der Waals surface area contributed by atoms with Gasteiger partial charge in [0.1, 0.15) is 12.2 Å². The van der Waals surface area contributed by atoms with Crippen LogP contribution in [0.4, 0.5) is 0 Å². The Hall–Kier alpha value is -1.05. The van der Waals surface area contributed by atoms with E-state index in [1.165, 1.54) is 0 Å². The molecule has 1 N–H and O–H groups in total. The summed E-state index contributed by atoms with van der Waals surface area (Å²) in [6, 6.07) is 0. The Morgan fingerprint density at radius 1 is 1.18 bits per heavy atom. The van der Waals surface area contributed by atoms with Crippen LogP contribution < -0.4 is 0 Å². The minimum absolute atomic E-state index is 0.0296. The van der Waals surface area contributed by atoms with Crippen molar-refractivity contribution in [3.05, 3.63) is 23.8 Å². The Morgan fingerprint density at radius 3 is 2.56 bits per heavy atom. The number of allylic oxidation sites excluding steroid dienone is 4. The minimum Gasteiger partial charge on any atom is -0.391 e. The number of carbonyl (C=O) groups excluding carboxylic acids is 2. The molecule has 5 rings (SSSR count). The lowest BCUT2D eigenvalue weighted by Gasteiger charge is -2.65. The molecular formula is C27H37ClO6. The van der Waals surface area contributed by atoms with E-state index >= 15 is 0 Å². The van der Waals surface area contributed by atoms with Crippen molar-refractivity contribution in [1.82, 2.24) is 0 Å². The highest BCUT2D eigenvalue weighted by Crippen LogP contribution is 2.73. The van der Waals surface area contributed by atoms with Crippen LogP contribution in [0.15, 0.2) is 23.8 Å². The summed E-state index contributed by atoms with van der Waals surface area (Å²) in [4.78, 5) is 24.9. The van der Waals surface area contributed by atoms with Crippen molar-refractivity contribution in [3.8, 4) is 0 Å². The van der Waals surface area contributed by atoms with Gasteiger partial charge in [0.05, 0.1) is 11.0 Å². The van der Waals surface area contributed by atoms with Crippen LogP contribution in [-0.4, -0.2) is 52.4 Å². The van der Waals surface area contributed by atoms with Crippen LogP contribution >= 0.6 is 11.6 Å². The molecule has 0 radical (unpaired) electrons. The highest BCUT2D eigenvalue weighted by atomic mass is 35.5. The van der Waals surface area contributed by atoms with Crippen molar-refractivity contribution in [1.29, 1.82) is 0 Å². The summed E-state index contributed by atoms with van der Waals surface area (Å²) in [7, 11) is 0. The molecule has 0 amide bonds. The summed E-state index contributed by atoms with van der Waals surface area (Å²) in [6.45, 7) is 12.3. The molecule has 0 aromatic heterocycles. The smallest absolute Gasteiger partial charge is 0.281 e. The van der Waals surface area contributed by atoms with Gasteiger partial charge in [0.2, 0.25) is 0 Å². The lowest BCUT2D eigenvalue weighted by atomic mass is 9.44. The zero-order chi connectivity index (χ0) is 24.9. The summed E-state index contributed by atoms with van der Waals surface area (Å²) in [5.41, 5.74) is -1.42. The summed E-state index contributed by atoms with van der Waals surface area (Å²) in [5, 5.41) is 11.8. The zero-order valence-electron chi connectivity index (χ0n) is 21.0. The molecule has 0 aromatic rings. The first-order valence-electron chi connectivity index (χ1n) is 12.6. The molecule has 0 bridgehead atoms. The summed E-state index contributed by atoms with van der Waals surface area (Å²) in [6.07, 6.45) is 6.15. The van der Waals surface area contributed by atoms with E-state index in [1.54, 1.807) is 19.1 Å². The van der Waals surface area contributed by atoms with Crippen molar-refractivity contribution >= 4 is 23.2 Å². The number of hydrogen-bond donors (Lipinski definition) is 1. The van der Waals surface area contributed by atoms with Crippen LogP contribution in [0.25, 0.3) is 0 Å². The number of aliphatic hydroxyl groups is 1. The second-order valence-corrected chi connectivity index (χ2v) is 12.4. The average Bonchev–Trinajstić information content (AvgIpc) is 2.97. The van der Waals surface area contributed by atoms with E-state index in [9.17, 15) is 14.7 Å². The van der Waals surface area contributed by atoms with Crippen LogP contribution in [0.2, 0.25) is 0 Å². The molecule has 34 heavy (non-hydrogen) atoms. The van der Waals surface area contributed by atoms with Gasteiger partial charge in [0.15, 0.2) is 11.6 Å².